The van der Waals surface area contributed by atoms with Crippen molar-refractivity contribution < 1.29 is 4.74 Å². The molecule has 5 heterocycles. The van der Waals surface area contributed by atoms with Gasteiger partial charge in [-0.05, 0) is 68.2 Å². The lowest BCUT2D eigenvalue weighted by atomic mass is 9.76. The van der Waals surface area contributed by atoms with Crippen molar-refractivity contribution in [3.05, 3.63) is 47.9 Å². The molecule has 4 aromatic rings. The topological polar surface area (TPSA) is 55.7 Å². The van der Waals surface area contributed by atoms with Crippen molar-refractivity contribution >= 4 is 22.1 Å². The van der Waals surface area contributed by atoms with Gasteiger partial charge < -0.3 is 14.3 Å². The third-order valence-corrected chi connectivity index (χ3v) is 7.92. The van der Waals surface area contributed by atoms with Crippen LogP contribution in [0.25, 0.3) is 33.3 Å². The smallest absolute Gasteiger partial charge is 0.140 e. The molecule has 33 heavy (non-hydrogen) atoms. The normalized spacial score (nSPS) is 21.8. The first-order valence-corrected chi connectivity index (χ1v) is 12.6. The Kier molecular flexibility index (Phi) is 5.25. The summed E-state index contributed by atoms with van der Waals surface area (Å²) in [5.74, 6) is 2.66. The molecule has 5 heteroatoms. The van der Waals surface area contributed by atoms with Crippen LogP contribution >= 0.6 is 0 Å². The van der Waals surface area contributed by atoms with Gasteiger partial charge in [0.1, 0.15) is 5.65 Å². The van der Waals surface area contributed by atoms with Crippen LogP contribution in [-0.4, -0.2) is 32.7 Å². The molecule has 6 rings (SSSR count). The Balaban J connectivity index is 1.34. The van der Waals surface area contributed by atoms with Crippen LogP contribution in [0, 0.1) is 11.8 Å². The lowest BCUT2D eigenvalue weighted by Gasteiger charge is -2.34. The summed E-state index contributed by atoms with van der Waals surface area (Å²) in [6, 6.07) is 8.71. The lowest BCUT2D eigenvalue weighted by molar-refractivity contribution is -0.0448. The maximum atomic E-state index is 5.38. The van der Waals surface area contributed by atoms with Gasteiger partial charge in [-0.3, -0.25) is 4.98 Å². The molecule has 0 unspecified atom stereocenters. The van der Waals surface area contributed by atoms with Crippen molar-refractivity contribution in [1.29, 1.82) is 0 Å². The molecular formula is C28H34N4O. The number of hydrogen-bond donors (Lipinski definition) is 1. The van der Waals surface area contributed by atoms with Gasteiger partial charge in [-0.2, -0.15) is 0 Å². The predicted octanol–water partition coefficient (Wildman–Crippen LogP) is 6.55. The van der Waals surface area contributed by atoms with E-state index in [4.69, 9.17) is 9.72 Å². The molecule has 1 saturated heterocycles. The molecule has 0 amide bonds. The van der Waals surface area contributed by atoms with E-state index in [-0.39, 0.29) is 0 Å². The molecule has 0 aromatic carbocycles. The highest BCUT2D eigenvalue weighted by molar-refractivity contribution is 5.98. The largest absolute Gasteiger partial charge is 0.381 e. The Morgan fingerprint density at radius 1 is 1.09 bits per heavy atom. The first-order valence-electron chi connectivity index (χ1n) is 12.6. The van der Waals surface area contributed by atoms with Crippen LogP contribution in [0.15, 0.2) is 36.7 Å². The highest BCUT2D eigenvalue weighted by atomic mass is 16.5. The molecule has 1 aliphatic heterocycles. The number of nitrogens with one attached hydrogen (secondary N) is 1. The van der Waals surface area contributed by atoms with Gasteiger partial charge in [0.05, 0.1) is 29.9 Å². The predicted molar refractivity (Wildman–Crippen MR) is 134 cm³/mol. The number of hydrogen-bond acceptors (Lipinski definition) is 3. The van der Waals surface area contributed by atoms with Gasteiger partial charge in [-0.25, -0.2) is 4.98 Å². The van der Waals surface area contributed by atoms with Crippen LogP contribution in [-0.2, 0) is 11.8 Å². The molecular weight excluding hydrogens is 408 g/mol. The summed E-state index contributed by atoms with van der Waals surface area (Å²) in [5, 5.41) is 1.18. The number of ether oxygens (including phenoxy) is 1. The number of pyridine rings is 2. The van der Waals surface area contributed by atoms with Crippen LogP contribution in [0.2, 0.25) is 0 Å². The standard InChI is InChI=1S/C28H34N4O/c1-17(2)25-26(22-14-32(3)28-21(22)5-4-12-29-28)31-24-11-10-23(30-27(24)25)20-8-6-18(7-9-20)13-19-15-33-16-19/h4-5,10-12,14,17-20,31H,6-9,13,15-16H2,1-3H3. The zero-order valence-corrected chi connectivity index (χ0v) is 20.0. The first-order chi connectivity index (χ1) is 16.1. The lowest BCUT2D eigenvalue weighted by Crippen LogP contribution is -2.30. The van der Waals surface area contributed by atoms with Crippen molar-refractivity contribution in [1.82, 2.24) is 19.5 Å². The number of nitrogens with zero attached hydrogens (tertiary/aromatic N) is 3. The second kappa shape index (κ2) is 8.28. The zero-order chi connectivity index (χ0) is 22.5. The maximum Gasteiger partial charge on any atom is 0.140 e. The van der Waals surface area contributed by atoms with Crippen molar-refractivity contribution in [2.75, 3.05) is 13.2 Å². The summed E-state index contributed by atoms with van der Waals surface area (Å²) in [6.07, 6.45) is 10.6. The highest BCUT2D eigenvalue weighted by Gasteiger charge is 2.29. The minimum Gasteiger partial charge on any atom is -0.381 e. The summed E-state index contributed by atoms with van der Waals surface area (Å²) in [6.45, 7) is 6.52. The number of aromatic nitrogens is 4. The summed E-state index contributed by atoms with van der Waals surface area (Å²) in [5.41, 5.74) is 8.30. The van der Waals surface area contributed by atoms with Crippen molar-refractivity contribution in [2.45, 2.75) is 57.8 Å². The van der Waals surface area contributed by atoms with E-state index >= 15 is 0 Å². The van der Waals surface area contributed by atoms with Crippen molar-refractivity contribution in [3.63, 3.8) is 0 Å². The van der Waals surface area contributed by atoms with E-state index in [0.29, 0.717) is 11.8 Å². The summed E-state index contributed by atoms with van der Waals surface area (Å²) >= 11 is 0. The Morgan fingerprint density at radius 3 is 2.64 bits per heavy atom. The second-order valence-electron chi connectivity index (χ2n) is 10.6. The molecule has 0 atom stereocenters. The van der Waals surface area contributed by atoms with Crippen LogP contribution in [0.5, 0.6) is 0 Å². The fourth-order valence-electron chi connectivity index (χ4n) is 6.10. The van der Waals surface area contributed by atoms with Gasteiger partial charge in [0.15, 0.2) is 0 Å². The summed E-state index contributed by atoms with van der Waals surface area (Å²) in [7, 11) is 2.07. The fraction of sp³-hybridized carbons (Fsp3) is 0.500. The maximum absolute atomic E-state index is 5.38. The quantitative estimate of drug-likeness (QED) is 0.381. The van der Waals surface area contributed by atoms with Gasteiger partial charge >= 0.3 is 0 Å². The van der Waals surface area contributed by atoms with E-state index in [1.807, 2.05) is 12.3 Å². The van der Waals surface area contributed by atoms with Gasteiger partial charge in [0.2, 0.25) is 0 Å². The van der Waals surface area contributed by atoms with Gasteiger partial charge in [-0.15, -0.1) is 0 Å². The third kappa shape index (κ3) is 3.67. The molecule has 172 valence electrons. The van der Waals surface area contributed by atoms with Crippen LogP contribution < -0.4 is 0 Å². The second-order valence-corrected chi connectivity index (χ2v) is 10.6. The average molecular weight is 443 g/mol. The Labute approximate surface area is 195 Å². The summed E-state index contributed by atoms with van der Waals surface area (Å²) in [4.78, 5) is 13.6. The van der Waals surface area contributed by atoms with Gasteiger partial charge in [0.25, 0.3) is 0 Å². The van der Waals surface area contributed by atoms with E-state index in [0.717, 1.165) is 41.7 Å². The molecule has 0 radical (unpaired) electrons. The minimum atomic E-state index is 0.379. The van der Waals surface area contributed by atoms with E-state index in [1.54, 1.807) is 0 Å². The minimum absolute atomic E-state index is 0.379. The van der Waals surface area contributed by atoms with E-state index in [1.165, 1.54) is 60.0 Å². The number of fused-ring (bicyclic) bond motifs is 2. The molecule has 1 saturated carbocycles. The van der Waals surface area contributed by atoms with E-state index in [9.17, 15) is 0 Å². The first kappa shape index (κ1) is 20.9. The van der Waals surface area contributed by atoms with Crippen molar-refractivity contribution in [2.24, 2.45) is 18.9 Å². The van der Waals surface area contributed by atoms with E-state index in [2.05, 4.69) is 59.8 Å². The SMILES string of the molecule is CC(C)c1c(-c2cn(C)c3ncccc23)[nH]c2ccc(C3CCC(CC4COC4)CC3)nc12. The Hall–Kier alpha value is -2.66. The average Bonchev–Trinajstić information content (AvgIpc) is 3.34. The molecule has 1 N–H and O–H groups in total. The molecule has 4 aromatic heterocycles. The molecule has 2 aliphatic rings. The van der Waals surface area contributed by atoms with Crippen molar-refractivity contribution in [3.8, 4) is 11.3 Å². The number of rotatable bonds is 5. The number of aryl methyl sites for hydroxylation is 1. The fourth-order valence-corrected chi connectivity index (χ4v) is 6.10. The Morgan fingerprint density at radius 2 is 1.91 bits per heavy atom. The zero-order valence-electron chi connectivity index (χ0n) is 20.0. The van der Waals surface area contributed by atoms with Gasteiger partial charge in [0, 0.05) is 53.5 Å². The molecule has 2 fully saturated rings. The number of aromatic amines is 1. The third-order valence-electron chi connectivity index (χ3n) is 7.92. The summed E-state index contributed by atoms with van der Waals surface area (Å²) < 4.78 is 7.50. The molecule has 1 aliphatic carbocycles. The molecule has 5 nitrogen and oxygen atoms in total. The van der Waals surface area contributed by atoms with E-state index < -0.39 is 0 Å². The van der Waals surface area contributed by atoms with Gasteiger partial charge in [-0.1, -0.05) is 13.8 Å². The Bertz CT molecular complexity index is 1290. The number of H-pyrrole nitrogens is 1. The molecule has 0 spiro atoms. The van der Waals surface area contributed by atoms with Crippen LogP contribution in [0.3, 0.4) is 0 Å². The highest BCUT2D eigenvalue weighted by Crippen LogP contribution is 2.41. The van der Waals surface area contributed by atoms with Crippen LogP contribution in [0.4, 0.5) is 0 Å². The monoisotopic (exact) mass is 442 g/mol. The van der Waals surface area contributed by atoms with Crippen LogP contribution in [0.1, 0.15) is 69.0 Å². The molecule has 0 bridgehead atoms.